The lowest BCUT2D eigenvalue weighted by atomic mass is 10.1. The van der Waals surface area contributed by atoms with E-state index in [2.05, 4.69) is 25.5 Å². The molecule has 1 aromatic carbocycles. The highest BCUT2D eigenvalue weighted by atomic mass is 19.1. The van der Waals surface area contributed by atoms with Crippen molar-refractivity contribution in [2.75, 3.05) is 0 Å². The standard InChI is InChI=1S/C18H14FN5O/c1-10-7-14(12-5-4-11(19)8-15(12)22-10)18(25)21-9-16-13-3-2-6-20-17(13)24-23-16/h2-8H,9H2,1H3,(H,21,25)(H,20,23,24). The molecule has 0 saturated carbocycles. The molecule has 0 aliphatic carbocycles. The molecule has 2 N–H and O–H groups in total. The molecule has 0 atom stereocenters. The summed E-state index contributed by atoms with van der Waals surface area (Å²) in [6, 6.07) is 9.63. The van der Waals surface area contributed by atoms with Gasteiger partial charge in [0.15, 0.2) is 5.65 Å². The van der Waals surface area contributed by atoms with E-state index in [9.17, 15) is 9.18 Å². The summed E-state index contributed by atoms with van der Waals surface area (Å²) in [5.74, 6) is -0.637. The van der Waals surface area contributed by atoms with Crippen LogP contribution < -0.4 is 5.32 Å². The van der Waals surface area contributed by atoms with Gasteiger partial charge in [-0.2, -0.15) is 5.10 Å². The average molecular weight is 335 g/mol. The van der Waals surface area contributed by atoms with E-state index in [0.717, 1.165) is 11.1 Å². The Morgan fingerprint density at radius 3 is 3.00 bits per heavy atom. The Bertz CT molecular complexity index is 1100. The van der Waals surface area contributed by atoms with Crippen LogP contribution in [0, 0.1) is 12.7 Å². The topological polar surface area (TPSA) is 83.6 Å². The van der Waals surface area contributed by atoms with Crippen LogP contribution >= 0.6 is 0 Å². The summed E-state index contributed by atoms with van der Waals surface area (Å²) in [5, 5.41) is 11.3. The lowest BCUT2D eigenvalue weighted by Crippen LogP contribution is -2.23. The fourth-order valence-corrected chi connectivity index (χ4v) is 2.82. The predicted molar refractivity (Wildman–Crippen MR) is 91.5 cm³/mol. The summed E-state index contributed by atoms with van der Waals surface area (Å²) < 4.78 is 13.4. The minimum Gasteiger partial charge on any atom is -0.346 e. The summed E-state index contributed by atoms with van der Waals surface area (Å²) in [5.41, 5.74) is 2.95. The van der Waals surface area contributed by atoms with Crippen LogP contribution in [0.5, 0.6) is 0 Å². The second-order valence-electron chi connectivity index (χ2n) is 5.73. The number of nitrogens with one attached hydrogen (secondary N) is 2. The first-order chi connectivity index (χ1) is 12.1. The average Bonchev–Trinajstić information content (AvgIpc) is 3.01. The number of carbonyl (C=O) groups excluding carboxylic acids is 1. The monoisotopic (exact) mass is 335 g/mol. The van der Waals surface area contributed by atoms with Crippen molar-refractivity contribution < 1.29 is 9.18 Å². The molecule has 4 rings (SSSR count). The van der Waals surface area contributed by atoms with Crippen LogP contribution in [0.3, 0.4) is 0 Å². The molecule has 3 heterocycles. The number of aryl methyl sites for hydroxylation is 1. The number of aromatic nitrogens is 4. The number of fused-ring (bicyclic) bond motifs is 2. The maximum atomic E-state index is 13.4. The summed E-state index contributed by atoms with van der Waals surface area (Å²) >= 11 is 0. The molecule has 124 valence electrons. The fourth-order valence-electron chi connectivity index (χ4n) is 2.82. The Kier molecular flexibility index (Phi) is 3.61. The number of aromatic amines is 1. The Hall–Kier alpha value is -3.35. The van der Waals surface area contributed by atoms with Gasteiger partial charge in [0.1, 0.15) is 5.82 Å². The van der Waals surface area contributed by atoms with Gasteiger partial charge in [-0.3, -0.25) is 14.9 Å². The first-order valence-electron chi connectivity index (χ1n) is 7.75. The van der Waals surface area contributed by atoms with Crippen LogP contribution in [0.4, 0.5) is 4.39 Å². The van der Waals surface area contributed by atoms with Crippen molar-refractivity contribution in [1.82, 2.24) is 25.5 Å². The van der Waals surface area contributed by atoms with Crippen LogP contribution in [0.25, 0.3) is 21.9 Å². The van der Waals surface area contributed by atoms with Crippen LogP contribution in [0.15, 0.2) is 42.6 Å². The Labute approximate surface area is 142 Å². The SMILES string of the molecule is Cc1cc(C(=O)NCc2[nH]nc3ncccc23)c2ccc(F)cc2n1. The Morgan fingerprint density at radius 2 is 2.12 bits per heavy atom. The van der Waals surface area contributed by atoms with Gasteiger partial charge in [-0.15, -0.1) is 0 Å². The first-order valence-corrected chi connectivity index (χ1v) is 7.75. The first kappa shape index (κ1) is 15.2. The van der Waals surface area contributed by atoms with E-state index in [1.807, 2.05) is 12.1 Å². The highest BCUT2D eigenvalue weighted by Gasteiger charge is 2.14. The number of hydrogen-bond donors (Lipinski definition) is 2. The van der Waals surface area contributed by atoms with Crippen LogP contribution in [0.2, 0.25) is 0 Å². The van der Waals surface area contributed by atoms with E-state index < -0.39 is 0 Å². The largest absolute Gasteiger partial charge is 0.346 e. The van der Waals surface area contributed by atoms with Gasteiger partial charge in [0, 0.05) is 28.7 Å². The molecule has 3 aromatic heterocycles. The number of halogens is 1. The summed E-state index contributed by atoms with van der Waals surface area (Å²) in [7, 11) is 0. The summed E-state index contributed by atoms with van der Waals surface area (Å²) in [6.07, 6.45) is 1.66. The lowest BCUT2D eigenvalue weighted by Gasteiger charge is -2.09. The molecule has 6 nitrogen and oxygen atoms in total. The summed E-state index contributed by atoms with van der Waals surface area (Å²) in [6.45, 7) is 2.06. The fraction of sp³-hybridized carbons (Fsp3) is 0.111. The van der Waals surface area contributed by atoms with Crippen LogP contribution in [-0.4, -0.2) is 26.1 Å². The summed E-state index contributed by atoms with van der Waals surface area (Å²) in [4.78, 5) is 21.1. The minimum atomic E-state index is -0.381. The molecule has 0 bridgehead atoms. The van der Waals surface area contributed by atoms with Gasteiger partial charge in [-0.1, -0.05) is 0 Å². The van der Waals surface area contributed by atoms with E-state index in [1.165, 1.54) is 12.1 Å². The van der Waals surface area contributed by atoms with Crippen molar-refractivity contribution in [2.45, 2.75) is 13.5 Å². The number of carbonyl (C=O) groups is 1. The van der Waals surface area contributed by atoms with E-state index in [1.54, 1.807) is 25.3 Å². The molecule has 7 heteroatoms. The van der Waals surface area contributed by atoms with E-state index in [-0.39, 0.29) is 18.3 Å². The molecule has 0 spiro atoms. The number of H-pyrrole nitrogens is 1. The molecule has 0 unspecified atom stereocenters. The van der Waals surface area contributed by atoms with E-state index >= 15 is 0 Å². The Morgan fingerprint density at radius 1 is 1.24 bits per heavy atom. The number of nitrogens with zero attached hydrogens (tertiary/aromatic N) is 3. The van der Waals surface area contributed by atoms with Crippen molar-refractivity contribution in [3.63, 3.8) is 0 Å². The smallest absolute Gasteiger partial charge is 0.252 e. The van der Waals surface area contributed by atoms with Crippen molar-refractivity contribution in [1.29, 1.82) is 0 Å². The normalized spacial score (nSPS) is 11.1. The van der Waals surface area contributed by atoms with Gasteiger partial charge in [0.2, 0.25) is 0 Å². The van der Waals surface area contributed by atoms with E-state index in [0.29, 0.717) is 27.8 Å². The number of rotatable bonds is 3. The molecular weight excluding hydrogens is 321 g/mol. The zero-order valence-electron chi connectivity index (χ0n) is 13.4. The third-order valence-electron chi connectivity index (χ3n) is 3.98. The third kappa shape index (κ3) is 2.80. The second kappa shape index (κ2) is 5.94. The second-order valence-corrected chi connectivity index (χ2v) is 5.73. The lowest BCUT2D eigenvalue weighted by molar-refractivity contribution is 0.0952. The quantitative estimate of drug-likeness (QED) is 0.603. The van der Waals surface area contributed by atoms with Crippen molar-refractivity contribution in [2.24, 2.45) is 0 Å². The third-order valence-corrected chi connectivity index (χ3v) is 3.98. The molecule has 0 fully saturated rings. The molecule has 4 aromatic rings. The molecule has 0 aliphatic rings. The van der Waals surface area contributed by atoms with Gasteiger partial charge in [0.05, 0.1) is 23.3 Å². The van der Waals surface area contributed by atoms with Crippen LogP contribution in [0.1, 0.15) is 21.7 Å². The maximum Gasteiger partial charge on any atom is 0.252 e. The molecule has 0 radical (unpaired) electrons. The van der Waals surface area contributed by atoms with Gasteiger partial charge >= 0.3 is 0 Å². The van der Waals surface area contributed by atoms with Gasteiger partial charge in [-0.05, 0) is 37.3 Å². The molecule has 25 heavy (non-hydrogen) atoms. The Balaban J connectivity index is 1.64. The zero-order chi connectivity index (χ0) is 17.4. The van der Waals surface area contributed by atoms with Crippen molar-refractivity contribution >= 4 is 27.8 Å². The number of benzene rings is 1. The van der Waals surface area contributed by atoms with Crippen molar-refractivity contribution in [3.05, 3.63) is 65.4 Å². The zero-order valence-corrected chi connectivity index (χ0v) is 13.4. The molecule has 1 amide bonds. The van der Waals surface area contributed by atoms with Crippen LogP contribution in [-0.2, 0) is 6.54 Å². The van der Waals surface area contributed by atoms with Gasteiger partial charge in [-0.25, -0.2) is 9.37 Å². The predicted octanol–water partition coefficient (Wildman–Crippen LogP) is 2.88. The van der Waals surface area contributed by atoms with Gasteiger partial charge in [0.25, 0.3) is 5.91 Å². The number of pyridine rings is 2. The highest BCUT2D eigenvalue weighted by molar-refractivity contribution is 6.06. The molecule has 0 saturated heterocycles. The number of hydrogen-bond acceptors (Lipinski definition) is 4. The van der Waals surface area contributed by atoms with E-state index in [4.69, 9.17) is 0 Å². The molecule has 0 aliphatic heterocycles. The number of amides is 1. The highest BCUT2D eigenvalue weighted by Crippen LogP contribution is 2.20. The van der Waals surface area contributed by atoms with Gasteiger partial charge < -0.3 is 5.32 Å². The van der Waals surface area contributed by atoms with Crippen molar-refractivity contribution in [3.8, 4) is 0 Å². The minimum absolute atomic E-state index is 0.256. The maximum absolute atomic E-state index is 13.4. The molecular formula is C18H14FN5O.